The van der Waals surface area contributed by atoms with Gasteiger partial charge in [-0.15, -0.1) is 0 Å². The molecule has 0 saturated carbocycles. The minimum absolute atomic E-state index is 0.0599. The average molecular weight is 503 g/mol. The lowest BCUT2D eigenvalue weighted by Gasteiger charge is -2.23. The molecular weight excluding hydrogens is 472 g/mol. The zero-order chi connectivity index (χ0) is 24.7. The first-order valence-corrected chi connectivity index (χ1v) is 12.9. The third kappa shape index (κ3) is 6.84. The number of aromatic nitrogens is 2. The Morgan fingerprint density at radius 3 is 2.66 bits per heavy atom. The van der Waals surface area contributed by atoms with Crippen molar-refractivity contribution in [1.29, 1.82) is 0 Å². The molecule has 0 aliphatic carbocycles. The molecule has 11 nitrogen and oxygen atoms in total. The fraction of sp³-hybridized carbons (Fsp3) is 0.391. The van der Waals surface area contributed by atoms with Crippen LogP contribution in [0.25, 0.3) is 11.0 Å². The summed E-state index contributed by atoms with van der Waals surface area (Å²) in [5.41, 5.74) is 1.93. The number of aromatic amines is 1. The summed E-state index contributed by atoms with van der Waals surface area (Å²) in [4.78, 5) is 19.1. The van der Waals surface area contributed by atoms with Crippen LogP contribution < -0.4 is 25.5 Å². The molecule has 3 aromatic rings. The number of amides is 2. The molecule has 5 N–H and O–H groups in total. The molecule has 2 amide bonds. The van der Waals surface area contributed by atoms with E-state index in [0.717, 1.165) is 38.2 Å². The monoisotopic (exact) mass is 502 g/mol. The molecule has 1 saturated heterocycles. The third-order valence-electron chi connectivity index (χ3n) is 5.68. The van der Waals surface area contributed by atoms with E-state index in [4.69, 9.17) is 8.92 Å². The smallest absolute Gasteiger partial charge is 0.339 e. The van der Waals surface area contributed by atoms with Crippen molar-refractivity contribution in [3.05, 3.63) is 42.5 Å². The topological polar surface area (TPSA) is 146 Å². The summed E-state index contributed by atoms with van der Waals surface area (Å²) >= 11 is 0. The molecule has 12 heteroatoms. The number of methoxy groups -OCH3 is 1. The molecule has 4 rings (SSSR count). The van der Waals surface area contributed by atoms with Crippen LogP contribution >= 0.6 is 0 Å². The van der Waals surface area contributed by atoms with E-state index in [2.05, 4.69) is 31.2 Å². The third-order valence-corrected chi connectivity index (χ3v) is 6.94. The molecule has 0 spiro atoms. The first kappa shape index (κ1) is 24.8. The van der Waals surface area contributed by atoms with Gasteiger partial charge in [-0.05, 0) is 68.2 Å². The Morgan fingerprint density at radius 2 is 1.91 bits per heavy atom. The number of anilines is 2. The summed E-state index contributed by atoms with van der Waals surface area (Å²) in [6.45, 7) is 3.68. The number of urea groups is 1. The van der Waals surface area contributed by atoms with Gasteiger partial charge in [0.25, 0.3) is 0 Å². The number of rotatable bonds is 10. The van der Waals surface area contributed by atoms with Gasteiger partial charge in [0.15, 0.2) is 0 Å². The molecule has 1 aliphatic rings. The first-order chi connectivity index (χ1) is 16.9. The van der Waals surface area contributed by atoms with Gasteiger partial charge in [-0.2, -0.15) is 8.42 Å². The number of H-pyrrole nitrogens is 1. The molecule has 1 aromatic heterocycles. The number of hydrogen-bond acceptors (Lipinski definition) is 8. The number of fused-ring (bicyclic) bond motifs is 1. The largest absolute Gasteiger partial charge is 0.385 e. The molecule has 188 valence electrons. The number of benzene rings is 2. The van der Waals surface area contributed by atoms with Gasteiger partial charge in [0.2, 0.25) is 5.95 Å². The zero-order valence-electron chi connectivity index (χ0n) is 19.5. The highest BCUT2D eigenvalue weighted by molar-refractivity contribution is 7.87. The standard InChI is InChI=1S/C23H30N6O5S/c1-33-13-12-25-23(30)29-22-27-20-7-4-18(14-21(20)28-22)34-35(31,32)19-5-2-17(3-6-19)26-15-16-8-10-24-11-9-16/h2-7,14,16,24,26H,8-13,15H2,1H3,(H3,25,27,28,29,30). The average Bonchev–Trinajstić information content (AvgIpc) is 3.25. The summed E-state index contributed by atoms with van der Waals surface area (Å²) in [5.74, 6) is 0.967. The van der Waals surface area contributed by atoms with Crippen LogP contribution in [-0.2, 0) is 14.9 Å². The number of nitrogens with zero attached hydrogens (tertiary/aromatic N) is 1. The number of imidazole rings is 1. The Labute approximate surface area is 204 Å². The fourth-order valence-corrected chi connectivity index (χ4v) is 4.70. The van der Waals surface area contributed by atoms with Crippen LogP contribution in [0.5, 0.6) is 5.75 Å². The predicted molar refractivity (Wildman–Crippen MR) is 133 cm³/mol. The molecule has 2 aromatic carbocycles. The normalized spacial score (nSPS) is 14.5. The zero-order valence-corrected chi connectivity index (χ0v) is 20.3. The summed E-state index contributed by atoms with van der Waals surface area (Å²) < 4.78 is 35.8. The van der Waals surface area contributed by atoms with Gasteiger partial charge in [0.1, 0.15) is 10.6 Å². The second-order valence-corrected chi connectivity index (χ2v) is 9.82. The summed E-state index contributed by atoms with van der Waals surface area (Å²) in [5, 5.41) is 11.9. The van der Waals surface area contributed by atoms with Gasteiger partial charge in [-0.25, -0.2) is 9.78 Å². The quantitative estimate of drug-likeness (QED) is 0.210. The van der Waals surface area contributed by atoms with Crippen molar-refractivity contribution in [2.24, 2.45) is 5.92 Å². The SMILES string of the molecule is COCCNC(=O)Nc1nc2ccc(OS(=O)(=O)c3ccc(NCC4CCNCC4)cc3)cc2[nH]1. The first-order valence-electron chi connectivity index (χ1n) is 11.5. The molecule has 35 heavy (non-hydrogen) atoms. The summed E-state index contributed by atoms with van der Waals surface area (Å²) in [6.07, 6.45) is 2.26. The van der Waals surface area contributed by atoms with Crippen LogP contribution in [0.3, 0.4) is 0 Å². The van der Waals surface area contributed by atoms with Gasteiger partial charge in [-0.1, -0.05) is 0 Å². The minimum Gasteiger partial charge on any atom is -0.385 e. The molecule has 1 aliphatic heterocycles. The lowest BCUT2D eigenvalue weighted by atomic mass is 9.98. The fourth-order valence-electron chi connectivity index (χ4n) is 3.78. The Bertz CT molecular complexity index is 1240. The number of hydrogen-bond donors (Lipinski definition) is 5. The highest BCUT2D eigenvalue weighted by atomic mass is 32.2. The summed E-state index contributed by atoms with van der Waals surface area (Å²) in [6, 6.07) is 10.7. The van der Waals surface area contributed by atoms with Crippen LogP contribution in [0.15, 0.2) is 47.4 Å². The Morgan fingerprint density at radius 1 is 1.14 bits per heavy atom. The van der Waals surface area contributed by atoms with E-state index in [9.17, 15) is 13.2 Å². The van der Waals surface area contributed by atoms with Crippen LogP contribution in [0.2, 0.25) is 0 Å². The Hall–Kier alpha value is -3.35. The van der Waals surface area contributed by atoms with Crippen LogP contribution in [-0.4, -0.2) is 64.3 Å². The van der Waals surface area contributed by atoms with Gasteiger partial charge in [0.05, 0.1) is 17.6 Å². The Balaban J connectivity index is 1.36. The number of ether oxygens (including phenoxy) is 1. The van der Waals surface area contributed by atoms with E-state index in [1.165, 1.54) is 24.3 Å². The number of piperidine rings is 1. The van der Waals surface area contributed by atoms with Crippen LogP contribution in [0.1, 0.15) is 12.8 Å². The molecular formula is C23H30N6O5S. The lowest BCUT2D eigenvalue weighted by Crippen LogP contribution is -2.31. The van der Waals surface area contributed by atoms with Crippen molar-refractivity contribution in [3.63, 3.8) is 0 Å². The van der Waals surface area contributed by atoms with Gasteiger partial charge in [0, 0.05) is 32.0 Å². The van der Waals surface area contributed by atoms with Crippen molar-refractivity contribution in [3.8, 4) is 5.75 Å². The van der Waals surface area contributed by atoms with E-state index in [-0.39, 0.29) is 16.6 Å². The van der Waals surface area contributed by atoms with Crippen LogP contribution in [0.4, 0.5) is 16.4 Å². The maximum Gasteiger partial charge on any atom is 0.339 e. The number of nitrogens with one attached hydrogen (secondary N) is 5. The van der Waals surface area contributed by atoms with Gasteiger partial charge >= 0.3 is 16.1 Å². The van der Waals surface area contributed by atoms with E-state index < -0.39 is 16.1 Å². The molecule has 2 heterocycles. The molecule has 0 atom stereocenters. The van der Waals surface area contributed by atoms with Crippen molar-refractivity contribution >= 4 is 38.8 Å². The predicted octanol–water partition coefficient (Wildman–Crippen LogP) is 2.51. The second-order valence-electron chi connectivity index (χ2n) is 8.27. The van der Waals surface area contributed by atoms with Crippen molar-refractivity contribution in [1.82, 2.24) is 20.6 Å². The number of carbonyl (C=O) groups excluding carboxylic acids is 1. The van der Waals surface area contributed by atoms with E-state index in [1.54, 1.807) is 25.3 Å². The minimum atomic E-state index is -4.02. The van der Waals surface area contributed by atoms with Crippen molar-refractivity contribution in [2.45, 2.75) is 17.7 Å². The second kappa shape index (κ2) is 11.4. The maximum atomic E-state index is 12.8. The van der Waals surface area contributed by atoms with E-state index >= 15 is 0 Å². The maximum absolute atomic E-state index is 12.8. The Kier molecular flexibility index (Phi) is 8.06. The van der Waals surface area contributed by atoms with Gasteiger partial charge < -0.3 is 29.9 Å². The summed E-state index contributed by atoms with van der Waals surface area (Å²) in [7, 11) is -2.48. The number of carbonyl (C=O) groups is 1. The molecule has 0 radical (unpaired) electrons. The van der Waals surface area contributed by atoms with E-state index in [1.807, 2.05) is 0 Å². The van der Waals surface area contributed by atoms with E-state index in [0.29, 0.717) is 30.1 Å². The van der Waals surface area contributed by atoms with Gasteiger partial charge in [-0.3, -0.25) is 5.32 Å². The molecule has 1 fully saturated rings. The highest BCUT2D eigenvalue weighted by Crippen LogP contribution is 2.25. The van der Waals surface area contributed by atoms with Crippen LogP contribution in [0, 0.1) is 5.92 Å². The van der Waals surface area contributed by atoms with Crippen molar-refractivity contribution < 1.29 is 22.1 Å². The van der Waals surface area contributed by atoms with Crippen molar-refractivity contribution in [2.75, 3.05) is 50.5 Å². The lowest BCUT2D eigenvalue weighted by molar-refractivity contribution is 0.198. The highest BCUT2D eigenvalue weighted by Gasteiger charge is 2.18. The molecule has 0 unspecified atom stereocenters. The molecule has 0 bridgehead atoms.